The maximum absolute atomic E-state index is 12.6. The minimum atomic E-state index is -0.895. The van der Waals surface area contributed by atoms with Crippen molar-refractivity contribution in [2.75, 3.05) is 6.61 Å². The maximum Gasteiger partial charge on any atom is 0.318 e. The summed E-state index contributed by atoms with van der Waals surface area (Å²) in [5.41, 5.74) is 6.70. The number of ether oxygens (including phenoxy) is 1. The third kappa shape index (κ3) is 5.60. The number of nitrogens with two attached hydrogens (primary N) is 1. The normalized spacial score (nSPS) is 11.9. The number of carbonyl (C=O) groups is 2. The summed E-state index contributed by atoms with van der Waals surface area (Å²) >= 11 is 7.40. The van der Waals surface area contributed by atoms with Gasteiger partial charge in [0.15, 0.2) is 11.0 Å². The third-order valence-electron chi connectivity index (χ3n) is 4.46. The van der Waals surface area contributed by atoms with Gasteiger partial charge in [0.25, 0.3) is 0 Å². The molecule has 3 amide bonds. The fourth-order valence-electron chi connectivity index (χ4n) is 3.05. The first-order valence-electron chi connectivity index (χ1n) is 10.0. The Hall–Kier alpha value is -3.04. The highest BCUT2D eigenvalue weighted by Gasteiger charge is 2.28. The van der Waals surface area contributed by atoms with Crippen molar-refractivity contribution < 1.29 is 14.3 Å². The van der Waals surface area contributed by atoms with Gasteiger partial charge in [0.1, 0.15) is 5.75 Å². The molecule has 0 aliphatic carbocycles. The molecule has 3 aromatic rings. The largest absolute Gasteiger partial charge is 0.494 e. The van der Waals surface area contributed by atoms with Crippen LogP contribution in [-0.4, -0.2) is 38.6 Å². The minimum Gasteiger partial charge on any atom is -0.494 e. The van der Waals surface area contributed by atoms with Crippen LogP contribution in [0.25, 0.3) is 17.1 Å². The summed E-state index contributed by atoms with van der Waals surface area (Å²) in [4.78, 5) is 23.8. The Morgan fingerprint density at radius 1 is 1.19 bits per heavy atom. The molecule has 3 rings (SSSR count). The Kier molecular flexibility index (Phi) is 7.76. The molecule has 0 bridgehead atoms. The van der Waals surface area contributed by atoms with E-state index in [1.807, 2.05) is 61.7 Å². The first kappa shape index (κ1) is 23.6. The van der Waals surface area contributed by atoms with Gasteiger partial charge in [-0.15, -0.1) is 10.2 Å². The zero-order valence-electron chi connectivity index (χ0n) is 17.9. The zero-order chi connectivity index (χ0) is 23.3. The van der Waals surface area contributed by atoms with Gasteiger partial charge in [-0.3, -0.25) is 14.7 Å². The number of primary amides is 1. The standard InChI is InChI=1S/C22H24ClN5O3S/c1-4-31-17-10-8-16(9-11-17)28-19(14-6-5-7-15(23)12-14)26-27-22(28)32-18(13(2)3)20(29)25-21(24)30/h5-13,18H,4H2,1-3H3,(H3,24,25,29,30). The second-order valence-corrected chi connectivity index (χ2v) is 8.76. The Morgan fingerprint density at radius 3 is 2.50 bits per heavy atom. The van der Waals surface area contributed by atoms with Gasteiger partial charge in [0.05, 0.1) is 11.9 Å². The summed E-state index contributed by atoms with van der Waals surface area (Å²) in [6, 6.07) is 13.9. The average Bonchev–Trinajstić information content (AvgIpc) is 3.15. The van der Waals surface area contributed by atoms with Crippen LogP contribution in [-0.2, 0) is 4.79 Å². The van der Waals surface area contributed by atoms with E-state index in [9.17, 15) is 9.59 Å². The Morgan fingerprint density at radius 2 is 1.91 bits per heavy atom. The fraction of sp³-hybridized carbons (Fsp3) is 0.273. The molecule has 168 valence electrons. The predicted octanol–water partition coefficient (Wildman–Crippen LogP) is 4.30. The summed E-state index contributed by atoms with van der Waals surface area (Å²) in [5.74, 6) is 0.725. The molecule has 1 unspecified atom stereocenters. The number of aromatic nitrogens is 3. The lowest BCUT2D eigenvalue weighted by molar-refractivity contribution is -0.120. The SMILES string of the molecule is CCOc1ccc(-n2c(SC(C(=O)NC(N)=O)C(C)C)nnc2-c2cccc(Cl)c2)cc1. The number of carbonyl (C=O) groups excluding carboxylic acids is 2. The van der Waals surface area contributed by atoms with Crippen LogP contribution in [0, 0.1) is 5.92 Å². The van der Waals surface area contributed by atoms with Crippen molar-refractivity contribution in [3.63, 3.8) is 0 Å². The fourth-order valence-corrected chi connectivity index (χ4v) is 4.29. The Bertz CT molecular complexity index is 1100. The van der Waals surface area contributed by atoms with Crippen molar-refractivity contribution in [3.8, 4) is 22.8 Å². The number of imide groups is 1. The van der Waals surface area contributed by atoms with Crippen LogP contribution in [0.4, 0.5) is 4.79 Å². The van der Waals surface area contributed by atoms with Crippen molar-refractivity contribution in [2.45, 2.75) is 31.2 Å². The number of nitrogens with zero attached hydrogens (tertiary/aromatic N) is 3. The average molecular weight is 474 g/mol. The summed E-state index contributed by atoms with van der Waals surface area (Å²) in [5, 5.41) is 11.3. The van der Waals surface area contributed by atoms with Gasteiger partial charge < -0.3 is 10.5 Å². The molecular weight excluding hydrogens is 450 g/mol. The quantitative estimate of drug-likeness (QED) is 0.472. The van der Waals surface area contributed by atoms with E-state index in [0.29, 0.717) is 22.6 Å². The minimum absolute atomic E-state index is 0.0977. The van der Waals surface area contributed by atoms with Crippen LogP contribution in [0.1, 0.15) is 20.8 Å². The van der Waals surface area contributed by atoms with E-state index in [-0.39, 0.29) is 5.92 Å². The third-order valence-corrected chi connectivity index (χ3v) is 6.19. The summed E-state index contributed by atoms with van der Waals surface area (Å²) in [7, 11) is 0. The number of thioether (sulfide) groups is 1. The smallest absolute Gasteiger partial charge is 0.318 e. The van der Waals surface area contributed by atoms with Gasteiger partial charge in [0.2, 0.25) is 5.91 Å². The van der Waals surface area contributed by atoms with Gasteiger partial charge in [-0.05, 0) is 49.2 Å². The van der Waals surface area contributed by atoms with Crippen molar-refractivity contribution >= 4 is 35.3 Å². The Balaban J connectivity index is 2.07. The maximum atomic E-state index is 12.6. The number of rotatable bonds is 8. The van der Waals surface area contributed by atoms with Crippen LogP contribution >= 0.6 is 23.4 Å². The van der Waals surface area contributed by atoms with E-state index in [0.717, 1.165) is 17.0 Å². The molecular formula is C22H24ClN5O3S. The van der Waals surface area contributed by atoms with E-state index in [2.05, 4.69) is 15.5 Å². The van der Waals surface area contributed by atoms with Crippen LogP contribution in [0.5, 0.6) is 5.75 Å². The number of hydrogen-bond acceptors (Lipinski definition) is 6. The number of amides is 3. The number of nitrogens with one attached hydrogen (secondary N) is 1. The molecule has 0 aliphatic heterocycles. The summed E-state index contributed by atoms with van der Waals surface area (Å²) in [6.45, 7) is 6.25. The molecule has 2 aromatic carbocycles. The van der Waals surface area contributed by atoms with Crippen molar-refractivity contribution in [2.24, 2.45) is 11.7 Å². The zero-order valence-corrected chi connectivity index (χ0v) is 19.5. The number of hydrogen-bond donors (Lipinski definition) is 2. The van der Waals surface area contributed by atoms with E-state index >= 15 is 0 Å². The second kappa shape index (κ2) is 10.5. The molecule has 0 saturated carbocycles. The van der Waals surface area contributed by atoms with Crippen LogP contribution in [0.2, 0.25) is 5.02 Å². The summed E-state index contributed by atoms with van der Waals surface area (Å²) in [6.07, 6.45) is 0. The monoisotopic (exact) mass is 473 g/mol. The van der Waals surface area contributed by atoms with Gasteiger partial charge in [-0.1, -0.05) is 49.3 Å². The lowest BCUT2D eigenvalue weighted by atomic mass is 10.1. The van der Waals surface area contributed by atoms with E-state index in [1.54, 1.807) is 12.1 Å². The van der Waals surface area contributed by atoms with Gasteiger partial charge in [-0.2, -0.15) is 0 Å². The van der Waals surface area contributed by atoms with Crippen LogP contribution < -0.4 is 15.8 Å². The lowest BCUT2D eigenvalue weighted by Crippen LogP contribution is -2.42. The van der Waals surface area contributed by atoms with Crippen LogP contribution in [0.3, 0.4) is 0 Å². The number of benzene rings is 2. The predicted molar refractivity (Wildman–Crippen MR) is 125 cm³/mol. The highest BCUT2D eigenvalue weighted by Crippen LogP contribution is 2.33. The molecule has 1 aromatic heterocycles. The molecule has 3 N–H and O–H groups in total. The lowest BCUT2D eigenvalue weighted by Gasteiger charge is -2.19. The molecule has 0 spiro atoms. The van der Waals surface area contributed by atoms with Crippen molar-refractivity contribution in [3.05, 3.63) is 53.6 Å². The molecule has 0 radical (unpaired) electrons. The summed E-state index contributed by atoms with van der Waals surface area (Å²) < 4.78 is 7.39. The van der Waals surface area contributed by atoms with Crippen molar-refractivity contribution in [1.29, 1.82) is 0 Å². The topological polar surface area (TPSA) is 112 Å². The first-order valence-corrected chi connectivity index (χ1v) is 11.3. The van der Waals surface area contributed by atoms with Gasteiger partial charge in [-0.25, -0.2) is 4.79 Å². The Labute approximate surface area is 195 Å². The molecule has 0 fully saturated rings. The molecule has 32 heavy (non-hydrogen) atoms. The number of halogens is 1. The van der Waals surface area contributed by atoms with E-state index < -0.39 is 17.2 Å². The molecule has 0 aliphatic rings. The number of urea groups is 1. The molecule has 8 nitrogen and oxygen atoms in total. The van der Waals surface area contributed by atoms with Gasteiger partial charge >= 0.3 is 6.03 Å². The van der Waals surface area contributed by atoms with E-state index in [4.69, 9.17) is 22.1 Å². The van der Waals surface area contributed by atoms with Crippen molar-refractivity contribution in [1.82, 2.24) is 20.1 Å². The highest BCUT2D eigenvalue weighted by atomic mass is 35.5. The first-order chi connectivity index (χ1) is 15.3. The molecule has 1 heterocycles. The molecule has 10 heteroatoms. The second-order valence-electron chi connectivity index (χ2n) is 7.21. The molecule has 0 saturated heterocycles. The highest BCUT2D eigenvalue weighted by molar-refractivity contribution is 8.00. The van der Waals surface area contributed by atoms with Crippen LogP contribution in [0.15, 0.2) is 53.7 Å². The van der Waals surface area contributed by atoms with E-state index in [1.165, 1.54) is 11.8 Å². The molecule has 1 atom stereocenters. The van der Waals surface area contributed by atoms with Gasteiger partial charge in [0, 0.05) is 16.3 Å².